The van der Waals surface area contributed by atoms with Crippen LogP contribution in [0.1, 0.15) is 171 Å². The van der Waals surface area contributed by atoms with Crippen LogP contribution in [-0.2, 0) is 79.8 Å². The van der Waals surface area contributed by atoms with Crippen LogP contribution in [0.4, 0.5) is 42.1 Å². The molecule has 0 unspecified atom stereocenters. The molecule has 18 heterocycles. The Hall–Kier alpha value is -14.9. The Morgan fingerprint density at radius 1 is 0.313 bits per heavy atom. The molecule has 29 nitrogen and oxygen atoms in total. The van der Waals surface area contributed by atoms with Gasteiger partial charge in [0.05, 0.1) is 74.7 Å². The summed E-state index contributed by atoms with van der Waals surface area (Å²) in [7, 11) is -3.01. The minimum absolute atomic E-state index is 0.0143. The summed E-state index contributed by atoms with van der Waals surface area (Å²) in [5.41, 5.74) is 25.6. The van der Waals surface area contributed by atoms with Crippen molar-refractivity contribution >= 4 is 167 Å². The number of carbonyl (C=O) groups is 8. The van der Waals surface area contributed by atoms with Gasteiger partial charge in [-0.25, -0.2) is 39.2 Å². The van der Waals surface area contributed by atoms with Crippen LogP contribution in [0, 0.1) is 116 Å². The highest BCUT2D eigenvalue weighted by Crippen LogP contribution is 2.42. The maximum Gasteiger partial charge on any atom is 0.268 e. The Balaban J connectivity index is 0.000000108. The van der Waals surface area contributed by atoms with Crippen LogP contribution in [0.2, 0.25) is 5.02 Å². The largest absolute Gasteiger partial charge is 0.378 e. The minimum atomic E-state index is -3.01. The van der Waals surface area contributed by atoms with Crippen LogP contribution in [0.3, 0.4) is 0 Å². The second-order valence-electron chi connectivity index (χ2n) is 39.9. The smallest absolute Gasteiger partial charge is 0.268 e. The second-order valence-corrected chi connectivity index (χ2v) is 42.7. The number of aryl methyl sites for hydroxylation is 11. The first-order chi connectivity index (χ1) is 71.7. The van der Waals surface area contributed by atoms with Crippen LogP contribution < -0.4 is 52.3 Å². The lowest BCUT2D eigenvalue weighted by Gasteiger charge is -2.30. The molecule has 0 saturated carbocycles. The number of rotatable bonds is 5. The Morgan fingerprint density at radius 3 is 1.04 bits per heavy atom. The molecule has 2 saturated heterocycles. The van der Waals surface area contributed by atoms with E-state index in [1.165, 1.54) is 60.7 Å². The van der Waals surface area contributed by atoms with Crippen molar-refractivity contribution in [2.45, 2.75) is 155 Å². The molecular formula is C112H118ClF7N18O11S. The van der Waals surface area contributed by atoms with Gasteiger partial charge in [-0.05, 0) is 264 Å². The van der Waals surface area contributed by atoms with Gasteiger partial charge in [0, 0.05) is 185 Å². The summed E-state index contributed by atoms with van der Waals surface area (Å²) in [6.45, 7) is 39.6. The number of amides is 8. The molecule has 8 aromatic carbocycles. The summed E-state index contributed by atoms with van der Waals surface area (Å²) in [5, 5.41) is 30.2. The molecule has 10 aliphatic rings. The fourth-order valence-corrected chi connectivity index (χ4v) is 24.9. The number of sulfone groups is 1. The monoisotopic (exact) mass is 2090 g/mol. The molecule has 16 aromatic rings. The lowest BCUT2D eigenvalue weighted by atomic mass is 9.99. The summed E-state index contributed by atoms with van der Waals surface area (Å²) < 4.78 is 140. The van der Waals surface area contributed by atoms with Crippen molar-refractivity contribution in [2.24, 2.45) is 5.92 Å². The van der Waals surface area contributed by atoms with Crippen molar-refractivity contribution in [2.75, 3.05) is 113 Å². The first kappa shape index (κ1) is 104. The fourth-order valence-electron chi connectivity index (χ4n) is 23.4. The number of morpholine rings is 1. The molecule has 8 amide bonds. The molecule has 784 valence electrons. The third-order valence-electron chi connectivity index (χ3n) is 29.9. The molecule has 0 bridgehead atoms. The molecule has 0 spiro atoms. The highest BCUT2D eigenvalue weighted by molar-refractivity contribution is 7.91. The van der Waals surface area contributed by atoms with Crippen LogP contribution >= 0.6 is 11.6 Å². The maximum absolute atomic E-state index is 14.2. The SMILES string of the molecule is CCc1cc(F)cc2c(C)c3n(c12)CCNC3=O.Cc1c2n(c3c(C)cc(Cl)cc13)CCNC2=O.Cc1c2n(c3c(C)cc(F)cc13)CCNC2=O.Cc1c2n(c3c(CC(C)C)cc(F)cc13)CCNC2=O.Cc1c2n(c3c(N4CCOCC4)cc(F)cc13)CCNC2=O.Cc1c2n(c3c(N4CCS(=O)(=O)CC4)cc(F)cc13)CCNC2=O.Cc1c2n(c3ccc(F)cc13)CCNC2=O.Cc1cc(F)cc2cc3n(c12)CCNC3=O. The van der Waals surface area contributed by atoms with E-state index in [4.69, 9.17) is 16.3 Å². The number of halogens is 8. The zero-order chi connectivity index (χ0) is 107. The van der Waals surface area contributed by atoms with Crippen molar-refractivity contribution < 1.29 is 82.2 Å². The molecule has 150 heavy (non-hydrogen) atoms. The summed E-state index contributed by atoms with van der Waals surface area (Å²) >= 11 is 6.09. The van der Waals surface area contributed by atoms with Gasteiger partial charge in [-0.1, -0.05) is 32.4 Å². The Kier molecular flexibility index (Phi) is 28.7. The number of carbonyl (C=O) groups excluding carboxylic acids is 8. The van der Waals surface area contributed by atoms with Crippen molar-refractivity contribution in [1.29, 1.82) is 0 Å². The number of fused-ring (bicyclic) bond motifs is 24. The van der Waals surface area contributed by atoms with E-state index in [0.717, 1.165) is 230 Å². The third-order valence-corrected chi connectivity index (χ3v) is 31.7. The number of nitrogens with zero attached hydrogens (tertiary/aromatic N) is 10. The first-order valence-corrected chi connectivity index (χ1v) is 52.9. The molecule has 8 N–H and O–H groups in total. The summed E-state index contributed by atoms with van der Waals surface area (Å²) in [5.74, 6) is -1.82. The van der Waals surface area contributed by atoms with Gasteiger partial charge >= 0.3 is 0 Å². The summed E-state index contributed by atoms with van der Waals surface area (Å²) in [6, 6.07) is 28.6. The van der Waals surface area contributed by atoms with E-state index in [2.05, 4.69) is 70.4 Å². The van der Waals surface area contributed by atoms with Gasteiger partial charge in [0.1, 0.15) is 86.3 Å². The zero-order valence-corrected chi connectivity index (χ0v) is 87.3. The van der Waals surface area contributed by atoms with E-state index in [9.17, 15) is 77.5 Å². The Morgan fingerprint density at radius 2 is 0.620 bits per heavy atom. The Bertz CT molecular complexity index is 8350. The van der Waals surface area contributed by atoms with Crippen molar-refractivity contribution in [3.63, 3.8) is 0 Å². The lowest BCUT2D eigenvalue weighted by Crippen LogP contribution is -2.41. The van der Waals surface area contributed by atoms with Crippen molar-refractivity contribution in [3.8, 4) is 0 Å². The van der Waals surface area contributed by atoms with Gasteiger partial charge in [-0.2, -0.15) is 0 Å². The summed E-state index contributed by atoms with van der Waals surface area (Å²) in [4.78, 5) is 99.6. The topological polar surface area (TPSA) is 322 Å². The standard InChI is InChI=1S/C16H18FN3O3S.C16H18FN3O2.C16H19FN2O.C14H15FN2O.C13H13ClN2O.C13H13FN2O.2C12H11FN2O/c1-10-12-8-11(17)9-13(19-4-6-24(22,23)7-5-19)15(12)20-3-2-18-16(21)14(10)20;1-10-12-8-11(17)9-13(19-4-6-22-7-5-19)15(12)20-3-2-18-16(21)14(10)20;1-9(2)6-11-7-12(17)8-13-10(3)14-16(20)18-4-5-19(14)15(11)13;1-3-9-6-10(15)7-11-8(2)12-14(18)16-4-5-17(12)13(9)11;2*1-7-5-9(14)6-10-8(2)12-13(17)15-3-4-16(12)11(7)10;1-7-4-9(13)5-8-6-10-12(16)14-2-3-15(10)11(7)8;1-7-9-6-8(13)2-3-10(9)15-5-4-14-12(16)11(7)15/h8-9H,2-7H2,1H3,(H,18,21);8-9H,2-7H2,1H3,(H,18,21);7-9H,4-6H2,1-3H3,(H,18,20);6-7H,3-5H2,1-2H3,(H,16,18);2*5-6H,3-4H2,1-2H3,(H,15,17);4-6H,2-3H2,1H3,(H,14,16);2-3,6H,4-5H2,1H3,(H,14,16). The highest BCUT2D eigenvalue weighted by atomic mass is 35.5. The normalized spacial score (nSPS) is 16.2. The van der Waals surface area contributed by atoms with Crippen LogP contribution in [0.5, 0.6) is 0 Å². The fraction of sp³-hybridized carbons (Fsp3) is 0.357. The van der Waals surface area contributed by atoms with Crippen LogP contribution in [0.25, 0.3) is 87.2 Å². The second kappa shape index (κ2) is 41.6. The predicted molar refractivity (Wildman–Crippen MR) is 568 cm³/mol. The van der Waals surface area contributed by atoms with Crippen LogP contribution in [-0.4, -0.2) is 195 Å². The zero-order valence-electron chi connectivity index (χ0n) is 85.7. The van der Waals surface area contributed by atoms with E-state index in [-0.39, 0.29) is 99.5 Å². The quantitative estimate of drug-likeness (QED) is 0.0744. The van der Waals surface area contributed by atoms with E-state index < -0.39 is 9.84 Å². The van der Waals surface area contributed by atoms with Gasteiger partial charge in [0.2, 0.25) is 0 Å². The van der Waals surface area contributed by atoms with E-state index in [1.54, 1.807) is 36.4 Å². The number of aromatic nitrogens is 8. The maximum atomic E-state index is 14.2. The van der Waals surface area contributed by atoms with E-state index >= 15 is 0 Å². The van der Waals surface area contributed by atoms with Crippen LogP contribution in [0.15, 0.2) is 109 Å². The molecular weight excluding hydrogens is 1970 g/mol. The minimum Gasteiger partial charge on any atom is -0.378 e. The third kappa shape index (κ3) is 19.2. The number of hydrogen-bond acceptors (Lipinski definition) is 13. The number of benzene rings is 8. The molecule has 10 aliphatic heterocycles. The first-order valence-electron chi connectivity index (χ1n) is 50.7. The molecule has 0 aliphatic carbocycles. The van der Waals surface area contributed by atoms with E-state index in [0.29, 0.717) is 149 Å². The van der Waals surface area contributed by atoms with Gasteiger partial charge in [-0.15, -0.1) is 0 Å². The number of hydrogen-bond donors (Lipinski definition) is 8. The number of ether oxygens (including phenoxy) is 1. The van der Waals surface area contributed by atoms with E-state index in [1.807, 2.05) is 121 Å². The summed E-state index contributed by atoms with van der Waals surface area (Å²) in [6.07, 6.45) is 1.58. The molecule has 0 atom stereocenters. The molecule has 0 radical (unpaired) electrons. The van der Waals surface area contributed by atoms with Gasteiger partial charge in [0.25, 0.3) is 47.3 Å². The van der Waals surface area contributed by atoms with Crippen molar-refractivity contribution in [1.82, 2.24) is 79.1 Å². The van der Waals surface area contributed by atoms with Gasteiger partial charge in [0.15, 0.2) is 9.84 Å². The molecule has 2 fully saturated rings. The Labute approximate surface area is 865 Å². The van der Waals surface area contributed by atoms with Crippen molar-refractivity contribution in [3.05, 3.63) is 267 Å². The van der Waals surface area contributed by atoms with Gasteiger partial charge < -0.3 is 93.6 Å². The molecule has 26 rings (SSSR count). The molecule has 38 heteroatoms. The molecule has 8 aromatic heterocycles. The predicted octanol–water partition coefficient (Wildman–Crippen LogP) is 16.6. The average molecular weight is 2090 g/mol. The highest BCUT2D eigenvalue weighted by Gasteiger charge is 2.36. The number of nitrogens with one attached hydrogen (secondary N) is 8. The lowest BCUT2D eigenvalue weighted by molar-refractivity contribution is 0.0920. The number of anilines is 2. The average Bonchev–Trinajstić information content (AvgIpc) is 1.57. The van der Waals surface area contributed by atoms with Gasteiger partial charge in [-0.3, -0.25) is 38.4 Å².